The van der Waals surface area contributed by atoms with E-state index >= 15 is 0 Å². The van der Waals surface area contributed by atoms with Crippen LogP contribution in [0.25, 0.3) is 0 Å². The molecule has 0 aromatic heterocycles. The Morgan fingerprint density at radius 1 is 1.05 bits per heavy atom. The highest BCUT2D eigenvalue weighted by Gasteiger charge is 2.20. The van der Waals surface area contributed by atoms with Crippen molar-refractivity contribution >= 4 is 31.9 Å². The number of hydrogen-bond acceptors (Lipinski definition) is 1. The highest BCUT2D eigenvalue weighted by molar-refractivity contribution is 9.10. The van der Waals surface area contributed by atoms with Gasteiger partial charge in [0.05, 0.1) is 10.5 Å². The summed E-state index contributed by atoms with van der Waals surface area (Å²) >= 11 is 6.82. The average Bonchev–Trinajstić information content (AvgIpc) is 2.44. The number of rotatable bonds is 4. The second-order valence-electron chi connectivity index (χ2n) is 5.09. The average molecular weight is 415 g/mol. The van der Waals surface area contributed by atoms with Crippen LogP contribution in [0.15, 0.2) is 39.3 Å². The summed E-state index contributed by atoms with van der Waals surface area (Å²) in [6.45, 7) is 6.90. The molecule has 0 saturated carbocycles. The van der Waals surface area contributed by atoms with Crippen molar-refractivity contribution in [1.29, 1.82) is 0 Å². The molecule has 2 rings (SSSR count). The molecule has 1 atom stereocenters. The molecule has 112 valence electrons. The zero-order valence-electron chi connectivity index (χ0n) is 12.3. The van der Waals surface area contributed by atoms with Crippen LogP contribution in [0.4, 0.5) is 4.39 Å². The minimum Gasteiger partial charge on any atom is -0.306 e. The molecule has 0 aliphatic carbocycles. The van der Waals surface area contributed by atoms with Gasteiger partial charge in [0.25, 0.3) is 0 Å². The van der Waals surface area contributed by atoms with Crippen molar-refractivity contribution < 1.29 is 4.39 Å². The summed E-state index contributed by atoms with van der Waals surface area (Å²) in [5.74, 6) is -0.205. The van der Waals surface area contributed by atoms with Crippen LogP contribution >= 0.6 is 31.9 Å². The fourth-order valence-corrected chi connectivity index (χ4v) is 3.29. The summed E-state index contributed by atoms with van der Waals surface area (Å²) < 4.78 is 16.0. The highest BCUT2D eigenvalue weighted by atomic mass is 79.9. The molecule has 0 amide bonds. The van der Waals surface area contributed by atoms with E-state index in [1.165, 1.54) is 0 Å². The molecule has 0 aliphatic rings. The molecule has 2 aromatic carbocycles. The van der Waals surface area contributed by atoms with E-state index in [4.69, 9.17) is 0 Å². The number of benzene rings is 2. The monoisotopic (exact) mass is 413 g/mol. The molecular formula is C17H18Br2FN. The maximum absolute atomic E-state index is 14.5. The zero-order chi connectivity index (χ0) is 15.6. The predicted molar refractivity (Wildman–Crippen MR) is 93.2 cm³/mol. The Labute approximate surface area is 142 Å². The molecule has 0 aliphatic heterocycles. The normalized spacial score (nSPS) is 12.5. The Hall–Kier alpha value is -0.710. The van der Waals surface area contributed by atoms with Gasteiger partial charge < -0.3 is 5.32 Å². The van der Waals surface area contributed by atoms with Gasteiger partial charge in [-0.15, -0.1) is 0 Å². The second kappa shape index (κ2) is 7.03. The van der Waals surface area contributed by atoms with Gasteiger partial charge in [-0.2, -0.15) is 0 Å². The van der Waals surface area contributed by atoms with Crippen molar-refractivity contribution in [2.24, 2.45) is 0 Å². The summed E-state index contributed by atoms with van der Waals surface area (Å²) in [5, 5.41) is 3.39. The molecule has 0 fully saturated rings. The van der Waals surface area contributed by atoms with Gasteiger partial charge >= 0.3 is 0 Å². The number of hydrogen-bond donors (Lipinski definition) is 1. The van der Waals surface area contributed by atoms with Crippen LogP contribution in [0.3, 0.4) is 0 Å². The van der Waals surface area contributed by atoms with E-state index in [1.54, 1.807) is 6.07 Å². The quantitative estimate of drug-likeness (QED) is 0.679. The first-order valence-electron chi connectivity index (χ1n) is 6.89. The van der Waals surface area contributed by atoms with Crippen LogP contribution in [0.5, 0.6) is 0 Å². The van der Waals surface area contributed by atoms with Crippen LogP contribution in [0.2, 0.25) is 0 Å². The van der Waals surface area contributed by atoms with Gasteiger partial charge in [0.1, 0.15) is 5.82 Å². The van der Waals surface area contributed by atoms with Gasteiger partial charge in [-0.25, -0.2) is 4.39 Å². The van der Waals surface area contributed by atoms with Crippen molar-refractivity contribution in [3.8, 4) is 0 Å². The van der Waals surface area contributed by atoms with Gasteiger partial charge in [0.2, 0.25) is 0 Å². The lowest BCUT2D eigenvalue weighted by atomic mass is 9.93. The second-order valence-corrected chi connectivity index (χ2v) is 6.80. The first-order valence-corrected chi connectivity index (χ1v) is 8.48. The van der Waals surface area contributed by atoms with Crippen molar-refractivity contribution in [3.63, 3.8) is 0 Å². The maximum Gasteiger partial charge on any atom is 0.142 e. The van der Waals surface area contributed by atoms with Crippen LogP contribution in [-0.2, 0) is 0 Å². The fourth-order valence-electron chi connectivity index (χ4n) is 2.45. The number of halogens is 3. The lowest BCUT2D eigenvalue weighted by Gasteiger charge is -2.23. The van der Waals surface area contributed by atoms with E-state index in [9.17, 15) is 4.39 Å². The lowest BCUT2D eigenvalue weighted by molar-refractivity contribution is 0.553. The molecule has 0 heterocycles. The molecule has 1 nitrogen and oxygen atoms in total. The molecule has 2 aromatic rings. The number of aryl methyl sites for hydroxylation is 2. The fraction of sp³-hybridized carbons (Fsp3) is 0.294. The third kappa shape index (κ3) is 3.55. The first-order chi connectivity index (χ1) is 9.95. The Morgan fingerprint density at radius 2 is 1.76 bits per heavy atom. The first kappa shape index (κ1) is 16.7. The van der Waals surface area contributed by atoms with Crippen LogP contribution in [0, 0.1) is 19.7 Å². The summed E-state index contributed by atoms with van der Waals surface area (Å²) in [6, 6.07) is 9.48. The number of nitrogens with one attached hydrogen (secondary N) is 1. The van der Waals surface area contributed by atoms with Gasteiger partial charge in [-0.3, -0.25) is 0 Å². The molecule has 4 heteroatoms. The summed E-state index contributed by atoms with van der Waals surface area (Å²) in [5.41, 5.74) is 4.05. The molecular weight excluding hydrogens is 397 g/mol. The van der Waals surface area contributed by atoms with Crippen molar-refractivity contribution in [1.82, 2.24) is 5.32 Å². The van der Waals surface area contributed by atoms with Crippen LogP contribution in [0.1, 0.15) is 35.2 Å². The minimum atomic E-state index is -0.205. The standard InChI is InChI=1S/C17H18Br2FN/c1-4-21-17(12-6-5-7-14(18)16(12)20)13-8-11(3)15(19)9-10(13)2/h5-9,17,21H,4H2,1-3H3. The van der Waals surface area contributed by atoms with E-state index in [0.29, 0.717) is 10.0 Å². The van der Waals surface area contributed by atoms with E-state index in [2.05, 4.69) is 56.2 Å². The lowest BCUT2D eigenvalue weighted by Crippen LogP contribution is -2.24. The Morgan fingerprint density at radius 3 is 2.43 bits per heavy atom. The summed E-state index contributed by atoms with van der Waals surface area (Å²) in [7, 11) is 0. The molecule has 0 saturated heterocycles. The minimum absolute atomic E-state index is 0.153. The van der Waals surface area contributed by atoms with Gasteiger partial charge in [-0.05, 0) is 65.1 Å². The Balaban J connectivity index is 2.59. The third-order valence-electron chi connectivity index (χ3n) is 3.56. The van der Waals surface area contributed by atoms with Crippen molar-refractivity contribution in [2.75, 3.05) is 6.54 Å². The van der Waals surface area contributed by atoms with Gasteiger partial charge in [0.15, 0.2) is 0 Å². The summed E-state index contributed by atoms with van der Waals surface area (Å²) in [6.07, 6.45) is 0. The van der Waals surface area contributed by atoms with E-state index in [-0.39, 0.29) is 11.9 Å². The molecule has 1 unspecified atom stereocenters. The largest absolute Gasteiger partial charge is 0.306 e. The molecule has 0 radical (unpaired) electrons. The summed E-state index contributed by atoms with van der Waals surface area (Å²) in [4.78, 5) is 0. The van der Waals surface area contributed by atoms with E-state index in [1.807, 2.05) is 26.0 Å². The third-order valence-corrected chi connectivity index (χ3v) is 5.03. The zero-order valence-corrected chi connectivity index (χ0v) is 15.5. The van der Waals surface area contributed by atoms with Crippen LogP contribution in [-0.4, -0.2) is 6.54 Å². The van der Waals surface area contributed by atoms with E-state index in [0.717, 1.165) is 27.7 Å². The highest BCUT2D eigenvalue weighted by Crippen LogP contribution is 2.32. The van der Waals surface area contributed by atoms with Gasteiger partial charge in [0, 0.05) is 10.0 Å². The Kier molecular flexibility index (Phi) is 5.58. The maximum atomic E-state index is 14.5. The SMILES string of the molecule is CCNC(c1cc(C)c(Br)cc1C)c1cccc(Br)c1F. The van der Waals surface area contributed by atoms with Gasteiger partial charge in [-0.1, -0.05) is 41.1 Å². The molecule has 0 bridgehead atoms. The predicted octanol–water partition coefficient (Wildman–Crippen LogP) is 5.67. The Bertz CT molecular complexity index is 655. The van der Waals surface area contributed by atoms with Crippen molar-refractivity contribution in [2.45, 2.75) is 26.8 Å². The molecule has 1 N–H and O–H groups in total. The smallest absolute Gasteiger partial charge is 0.142 e. The molecule has 21 heavy (non-hydrogen) atoms. The van der Waals surface area contributed by atoms with Crippen LogP contribution < -0.4 is 5.32 Å². The van der Waals surface area contributed by atoms with Crippen molar-refractivity contribution in [3.05, 3.63) is 67.3 Å². The van der Waals surface area contributed by atoms with E-state index < -0.39 is 0 Å². The molecule has 0 spiro atoms. The topological polar surface area (TPSA) is 12.0 Å².